The van der Waals surface area contributed by atoms with Crippen LogP contribution >= 0.6 is 11.3 Å². The van der Waals surface area contributed by atoms with Crippen LogP contribution in [-0.2, 0) is 21.7 Å². The van der Waals surface area contributed by atoms with Crippen LogP contribution in [-0.4, -0.2) is 30.9 Å². The number of aromatic nitrogens is 1. The third kappa shape index (κ3) is 4.52. The number of sulfone groups is 1. The van der Waals surface area contributed by atoms with E-state index in [-0.39, 0.29) is 11.5 Å². The molecule has 110 valence electrons. The maximum absolute atomic E-state index is 11.6. The lowest BCUT2D eigenvalue weighted by atomic mass is 9.93. The van der Waals surface area contributed by atoms with Gasteiger partial charge in [0.15, 0.2) is 9.84 Å². The zero-order valence-electron chi connectivity index (χ0n) is 12.1. The summed E-state index contributed by atoms with van der Waals surface area (Å²) in [6.45, 7) is 7.97. The van der Waals surface area contributed by atoms with Crippen molar-refractivity contribution in [3.8, 4) is 0 Å². The Bertz CT molecular complexity index is 517. The summed E-state index contributed by atoms with van der Waals surface area (Å²) in [7, 11) is -3.12. The summed E-state index contributed by atoms with van der Waals surface area (Å²) >= 11 is 1.55. The third-order valence-electron chi connectivity index (χ3n) is 3.17. The molecule has 1 heterocycles. The first-order valence-electron chi connectivity index (χ1n) is 6.15. The second-order valence-electron chi connectivity index (χ2n) is 5.89. The minimum absolute atomic E-state index is 0.00282. The highest BCUT2D eigenvalue weighted by atomic mass is 32.2. The van der Waals surface area contributed by atoms with Crippen molar-refractivity contribution in [2.24, 2.45) is 5.84 Å². The Morgan fingerprint density at radius 1 is 1.47 bits per heavy atom. The van der Waals surface area contributed by atoms with Crippen molar-refractivity contribution in [3.63, 3.8) is 0 Å². The van der Waals surface area contributed by atoms with Gasteiger partial charge < -0.3 is 0 Å². The maximum Gasteiger partial charge on any atom is 0.151 e. The Balaban J connectivity index is 2.86. The zero-order valence-corrected chi connectivity index (χ0v) is 13.7. The molecule has 7 heteroatoms. The van der Waals surface area contributed by atoms with E-state index in [1.807, 2.05) is 5.38 Å². The highest BCUT2D eigenvalue weighted by Gasteiger charge is 2.27. The average Bonchev–Trinajstić information content (AvgIpc) is 2.71. The van der Waals surface area contributed by atoms with Gasteiger partial charge in [0.05, 0.1) is 16.0 Å². The van der Waals surface area contributed by atoms with Gasteiger partial charge in [0.2, 0.25) is 0 Å². The van der Waals surface area contributed by atoms with Gasteiger partial charge in [-0.1, -0.05) is 20.8 Å². The molecule has 0 bridgehead atoms. The van der Waals surface area contributed by atoms with Crippen LogP contribution in [0.25, 0.3) is 0 Å². The summed E-state index contributed by atoms with van der Waals surface area (Å²) in [4.78, 5) is 4.56. The first kappa shape index (κ1) is 16.6. The smallest absolute Gasteiger partial charge is 0.151 e. The number of hydrogen-bond donors (Lipinski definition) is 2. The topological polar surface area (TPSA) is 85.1 Å². The maximum atomic E-state index is 11.6. The van der Waals surface area contributed by atoms with E-state index in [0.717, 1.165) is 10.7 Å². The molecule has 0 saturated carbocycles. The van der Waals surface area contributed by atoms with E-state index in [9.17, 15) is 8.42 Å². The molecule has 0 amide bonds. The van der Waals surface area contributed by atoms with Gasteiger partial charge in [-0.2, -0.15) is 0 Å². The molecule has 0 aliphatic rings. The van der Waals surface area contributed by atoms with Gasteiger partial charge in [0.25, 0.3) is 0 Å². The van der Waals surface area contributed by atoms with Crippen LogP contribution in [0.2, 0.25) is 0 Å². The number of hydrogen-bond acceptors (Lipinski definition) is 6. The van der Waals surface area contributed by atoms with Crippen molar-refractivity contribution in [1.82, 2.24) is 10.4 Å². The fraction of sp³-hybridized carbons (Fsp3) is 0.750. The van der Waals surface area contributed by atoms with Crippen LogP contribution in [0.3, 0.4) is 0 Å². The molecule has 0 aliphatic carbocycles. The predicted octanol–water partition coefficient (Wildman–Crippen LogP) is 1.25. The molecule has 0 aliphatic heterocycles. The van der Waals surface area contributed by atoms with E-state index in [1.54, 1.807) is 18.3 Å². The molecule has 0 fully saturated rings. The SMILES string of the molecule is CC(C(Cc1nc(C(C)(C)C)cs1)NN)S(C)(=O)=O. The van der Waals surface area contributed by atoms with Crippen LogP contribution < -0.4 is 11.3 Å². The number of hydrazine groups is 1. The summed E-state index contributed by atoms with van der Waals surface area (Å²) in [5.41, 5.74) is 3.62. The summed E-state index contributed by atoms with van der Waals surface area (Å²) < 4.78 is 23.1. The Labute approximate surface area is 119 Å². The van der Waals surface area contributed by atoms with Gasteiger partial charge in [0, 0.05) is 29.5 Å². The largest absolute Gasteiger partial charge is 0.271 e. The average molecular weight is 305 g/mol. The van der Waals surface area contributed by atoms with Crippen LogP contribution in [0.4, 0.5) is 0 Å². The first-order valence-corrected chi connectivity index (χ1v) is 8.99. The first-order chi connectivity index (χ1) is 8.55. The molecule has 2 atom stereocenters. The van der Waals surface area contributed by atoms with Crippen molar-refractivity contribution in [2.45, 2.75) is 50.8 Å². The van der Waals surface area contributed by atoms with Gasteiger partial charge in [-0.3, -0.25) is 11.3 Å². The van der Waals surface area contributed by atoms with E-state index in [0.29, 0.717) is 6.42 Å². The lowest BCUT2D eigenvalue weighted by molar-refractivity contribution is 0.491. The lowest BCUT2D eigenvalue weighted by Crippen LogP contribution is -2.47. The van der Waals surface area contributed by atoms with Gasteiger partial charge in [-0.15, -0.1) is 11.3 Å². The number of nitrogens with one attached hydrogen (secondary N) is 1. The molecule has 0 saturated heterocycles. The minimum atomic E-state index is -3.12. The summed E-state index contributed by atoms with van der Waals surface area (Å²) in [6.07, 6.45) is 1.75. The molecule has 2 unspecified atom stereocenters. The molecule has 3 N–H and O–H groups in total. The van der Waals surface area contributed by atoms with Crippen molar-refractivity contribution >= 4 is 21.2 Å². The number of nitrogens with two attached hydrogens (primary N) is 1. The van der Waals surface area contributed by atoms with Crippen LogP contribution in [0.5, 0.6) is 0 Å². The van der Waals surface area contributed by atoms with Gasteiger partial charge in [-0.05, 0) is 6.92 Å². The molecule has 0 aromatic carbocycles. The highest BCUT2D eigenvalue weighted by Crippen LogP contribution is 2.25. The summed E-state index contributed by atoms with van der Waals surface area (Å²) in [5.74, 6) is 5.47. The summed E-state index contributed by atoms with van der Waals surface area (Å²) in [5, 5.41) is 2.39. The second-order valence-corrected chi connectivity index (χ2v) is 9.23. The van der Waals surface area contributed by atoms with E-state index in [2.05, 4.69) is 31.2 Å². The number of thiazole rings is 1. The van der Waals surface area contributed by atoms with Gasteiger partial charge in [0.1, 0.15) is 0 Å². The fourth-order valence-electron chi connectivity index (χ4n) is 1.60. The van der Waals surface area contributed by atoms with Gasteiger partial charge in [-0.25, -0.2) is 13.4 Å². The summed E-state index contributed by atoms with van der Waals surface area (Å²) in [6, 6.07) is -0.325. The van der Waals surface area contributed by atoms with Crippen molar-refractivity contribution in [2.75, 3.05) is 6.26 Å². The molecule has 1 aromatic rings. The van der Waals surface area contributed by atoms with Gasteiger partial charge >= 0.3 is 0 Å². The molecule has 1 rings (SSSR count). The van der Waals surface area contributed by atoms with E-state index in [1.165, 1.54) is 6.26 Å². The molecule has 5 nitrogen and oxygen atoms in total. The zero-order chi connectivity index (χ0) is 14.8. The predicted molar refractivity (Wildman–Crippen MR) is 79.9 cm³/mol. The third-order valence-corrected chi connectivity index (χ3v) is 5.72. The molecular weight excluding hydrogens is 282 g/mol. The normalized spacial score (nSPS) is 16.3. The Hall–Kier alpha value is -0.500. The minimum Gasteiger partial charge on any atom is -0.271 e. The lowest BCUT2D eigenvalue weighted by Gasteiger charge is -2.20. The van der Waals surface area contributed by atoms with Crippen LogP contribution in [0.15, 0.2) is 5.38 Å². The quantitative estimate of drug-likeness (QED) is 0.631. The van der Waals surface area contributed by atoms with E-state index < -0.39 is 15.1 Å². The Kier molecular flexibility index (Phi) is 5.11. The van der Waals surface area contributed by atoms with E-state index >= 15 is 0 Å². The Morgan fingerprint density at radius 2 is 2.05 bits per heavy atom. The second kappa shape index (κ2) is 5.87. The molecular formula is C12H23N3O2S2. The monoisotopic (exact) mass is 305 g/mol. The number of rotatable bonds is 5. The fourth-order valence-corrected chi connectivity index (χ4v) is 3.45. The Morgan fingerprint density at radius 3 is 2.42 bits per heavy atom. The van der Waals surface area contributed by atoms with Crippen LogP contribution in [0.1, 0.15) is 38.4 Å². The van der Waals surface area contributed by atoms with Crippen molar-refractivity contribution in [1.29, 1.82) is 0 Å². The molecule has 0 spiro atoms. The van der Waals surface area contributed by atoms with Crippen molar-refractivity contribution < 1.29 is 8.42 Å². The highest BCUT2D eigenvalue weighted by molar-refractivity contribution is 7.91. The standard InChI is InChI=1S/C12H23N3O2S2/c1-8(19(5,16)17)9(15-13)6-11-14-10(7-18-11)12(2,3)4/h7-9,15H,6,13H2,1-5H3. The van der Waals surface area contributed by atoms with Crippen LogP contribution in [0, 0.1) is 0 Å². The van der Waals surface area contributed by atoms with Crippen molar-refractivity contribution in [3.05, 3.63) is 16.1 Å². The molecule has 1 aromatic heterocycles. The number of nitrogens with zero attached hydrogens (tertiary/aromatic N) is 1. The van der Waals surface area contributed by atoms with E-state index in [4.69, 9.17) is 5.84 Å². The molecule has 0 radical (unpaired) electrons. The molecule has 19 heavy (non-hydrogen) atoms.